The van der Waals surface area contributed by atoms with Crippen molar-refractivity contribution in [3.8, 4) is 5.75 Å². The fourth-order valence-electron chi connectivity index (χ4n) is 7.26. The van der Waals surface area contributed by atoms with Gasteiger partial charge in [0, 0.05) is 41.2 Å². The molecule has 0 bridgehead atoms. The number of urea groups is 1. The summed E-state index contributed by atoms with van der Waals surface area (Å²) in [5.41, 5.74) is 3.79. The Hall–Kier alpha value is -5.47. The van der Waals surface area contributed by atoms with Gasteiger partial charge in [0.25, 0.3) is 11.8 Å². The van der Waals surface area contributed by atoms with Gasteiger partial charge in [-0.05, 0) is 132 Å². The van der Waals surface area contributed by atoms with Gasteiger partial charge in [-0.3, -0.25) is 24.4 Å². The second-order valence-electron chi connectivity index (χ2n) is 15.7. The molecule has 0 saturated carbocycles. The lowest BCUT2D eigenvalue weighted by molar-refractivity contribution is -0.120. The maximum atomic E-state index is 15.5. The first-order valence-electron chi connectivity index (χ1n) is 20.2. The summed E-state index contributed by atoms with van der Waals surface area (Å²) in [6.45, 7) is 20.1. The van der Waals surface area contributed by atoms with Crippen molar-refractivity contribution in [2.45, 2.75) is 71.9 Å². The molecule has 3 aromatic carbocycles. The highest BCUT2D eigenvalue weighted by Gasteiger charge is 2.50. The number of carbonyl (C=O) groups excluding carboxylic acids is 3. The molecule has 61 heavy (non-hydrogen) atoms. The number of benzene rings is 3. The summed E-state index contributed by atoms with van der Waals surface area (Å²) >= 11 is 9.29. The second kappa shape index (κ2) is 19.9. The smallest absolute Gasteiger partial charge is 0.323 e. The molecule has 0 radical (unpaired) electrons. The number of aromatic nitrogens is 1. The molecule has 13 nitrogen and oxygen atoms in total. The van der Waals surface area contributed by atoms with Crippen LogP contribution in [-0.4, -0.2) is 83.9 Å². The second-order valence-corrected chi connectivity index (χ2v) is 16.9. The first kappa shape index (κ1) is 45.1. The molecular weight excluding hydrogens is 864 g/mol. The van der Waals surface area contributed by atoms with Gasteiger partial charge in [0.05, 0.1) is 36.3 Å². The maximum Gasteiger partial charge on any atom is 0.323 e. The number of hydrogen-bond acceptors (Lipinski definition) is 8. The van der Waals surface area contributed by atoms with E-state index >= 15 is 4.39 Å². The summed E-state index contributed by atoms with van der Waals surface area (Å²) in [5, 5.41) is 8.70. The van der Waals surface area contributed by atoms with Crippen molar-refractivity contribution in [1.29, 1.82) is 0 Å². The average molecular weight is 914 g/mol. The maximum absolute atomic E-state index is 15.5. The lowest BCUT2D eigenvalue weighted by Crippen LogP contribution is -2.45. The molecule has 4 aromatic rings. The minimum Gasteiger partial charge on any atom is -0.489 e. The number of carbonyl (C=O) groups is 3. The van der Waals surface area contributed by atoms with Gasteiger partial charge in [-0.2, -0.15) is 0 Å². The lowest BCUT2D eigenvalue weighted by atomic mass is 10.0. The van der Waals surface area contributed by atoms with E-state index in [1.54, 1.807) is 62.2 Å². The van der Waals surface area contributed by atoms with Crippen LogP contribution in [0.15, 0.2) is 71.3 Å². The Morgan fingerprint density at radius 2 is 1.79 bits per heavy atom. The highest BCUT2D eigenvalue weighted by molar-refractivity contribution is 9.10. The van der Waals surface area contributed by atoms with Crippen LogP contribution in [0.2, 0.25) is 0 Å². The van der Waals surface area contributed by atoms with Gasteiger partial charge in [-0.25, -0.2) is 14.0 Å². The molecule has 16 heteroatoms. The molecule has 2 aliphatic heterocycles. The van der Waals surface area contributed by atoms with Crippen LogP contribution in [0.25, 0.3) is 4.85 Å². The molecule has 1 atom stereocenters. The number of nitrogens with zero attached hydrogens (tertiary/aromatic N) is 5. The monoisotopic (exact) mass is 912 g/mol. The van der Waals surface area contributed by atoms with Crippen molar-refractivity contribution in [1.82, 2.24) is 15.2 Å². The number of aryl methyl sites for hydroxylation is 3. The van der Waals surface area contributed by atoms with Crippen LogP contribution in [0.1, 0.15) is 66.7 Å². The van der Waals surface area contributed by atoms with Crippen LogP contribution in [0, 0.1) is 33.2 Å². The minimum absolute atomic E-state index is 0.0878. The van der Waals surface area contributed by atoms with Gasteiger partial charge in [0.15, 0.2) is 10.8 Å². The molecule has 2 saturated heterocycles. The van der Waals surface area contributed by atoms with E-state index < -0.39 is 23.3 Å². The number of anilines is 4. The van der Waals surface area contributed by atoms with E-state index in [-0.39, 0.29) is 22.7 Å². The third-order valence-corrected chi connectivity index (χ3v) is 11.9. The molecule has 6 rings (SSSR count). The van der Waals surface area contributed by atoms with Crippen molar-refractivity contribution in [2.75, 3.05) is 59.8 Å². The largest absolute Gasteiger partial charge is 0.489 e. The molecule has 2 fully saturated rings. The van der Waals surface area contributed by atoms with Crippen molar-refractivity contribution in [3.05, 3.63) is 111 Å². The fraction of sp³-hybridized carbons (Fsp3) is 0.378. The van der Waals surface area contributed by atoms with Gasteiger partial charge < -0.3 is 30.3 Å². The van der Waals surface area contributed by atoms with Crippen LogP contribution in [0.5, 0.6) is 5.75 Å². The van der Waals surface area contributed by atoms with Gasteiger partial charge in [-0.15, -0.1) is 0 Å². The van der Waals surface area contributed by atoms with E-state index in [9.17, 15) is 14.4 Å². The number of hydrogen-bond donors (Lipinski definition) is 3. The van der Waals surface area contributed by atoms with Crippen molar-refractivity contribution in [3.63, 3.8) is 0 Å². The Morgan fingerprint density at radius 1 is 1.02 bits per heavy atom. The zero-order valence-electron chi connectivity index (χ0n) is 34.9. The minimum atomic E-state index is -1.12. The number of pyridine rings is 1. The molecule has 4 amide bonds. The topological polar surface area (TPSA) is 133 Å². The van der Waals surface area contributed by atoms with Crippen LogP contribution >= 0.6 is 28.1 Å². The van der Waals surface area contributed by atoms with Crippen LogP contribution in [0.4, 0.5) is 37.6 Å². The molecule has 3 heterocycles. The van der Waals surface area contributed by atoms with Crippen LogP contribution < -0.4 is 30.5 Å². The van der Waals surface area contributed by atoms with E-state index in [1.807, 2.05) is 32.0 Å². The highest BCUT2D eigenvalue weighted by atomic mass is 79.9. The number of nitrogens with one attached hydrogen (secondary N) is 3. The first-order chi connectivity index (χ1) is 29.2. The van der Waals surface area contributed by atoms with Crippen molar-refractivity contribution >= 4 is 79.5 Å². The predicted octanol–water partition coefficient (Wildman–Crippen LogP) is 9.09. The fourth-order valence-corrected chi connectivity index (χ4v) is 8.13. The molecule has 320 valence electrons. The van der Waals surface area contributed by atoms with Gasteiger partial charge in [0.2, 0.25) is 0 Å². The molecule has 0 unspecified atom stereocenters. The summed E-state index contributed by atoms with van der Waals surface area (Å²) in [6.07, 6.45) is 5.05. The van der Waals surface area contributed by atoms with Crippen molar-refractivity contribution < 1.29 is 28.2 Å². The molecule has 1 aromatic heterocycles. The summed E-state index contributed by atoms with van der Waals surface area (Å²) < 4.78 is 28.6. The Kier molecular flexibility index (Phi) is 14.7. The Balaban J connectivity index is 0.917. The average Bonchev–Trinajstić information content (AvgIpc) is 3.40. The number of halogens is 2. The lowest BCUT2D eigenvalue weighted by Gasteiger charge is -2.33. The number of rotatable bonds is 15. The summed E-state index contributed by atoms with van der Waals surface area (Å²) in [5.74, 6) is -0.964. The number of amides is 4. The normalized spacial score (nSPS) is 16.3. The molecule has 3 N–H and O–H groups in total. The number of ether oxygens (including phenoxy) is 2. The van der Waals surface area contributed by atoms with Gasteiger partial charge >= 0.3 is 6.03 Å². The predicted molar refractivity (Wildman–Crippen MR) is 243 cm³/mol. The van der Waals surface area contributed by atoms with E-state index in [4.69, 9.17) is 28.3 Å². The van der Waals surface area contributed by atoms with Crippen LogP contribution in [0.3, 0.4) is 0 Å². The zero-order valence-corrected chi connectivity index (χ0v) is 37.3. The van der Waals surface area contributed by atoms with Crippen LogP contribution in [-0.2, 0) is 9.53 Å². The Bertz CT molecular complexity index is 2340. The number of morpholine rings is 1. The third-order valence-electron chi connectivity index (χ3n) is 10.7. The quantitative estimate of drug-likeness (QED) is 0.0607. The number of thiocarbonyl (C=S) groups is 1. The first-order valence-corrected chi connectivity index (χ1v) is 21.4. The Labute approximate surface area is 369 Å². The molecule has 0 spiro atoms. The van der Waals surface area contributed by atoms with E-state index in [0.29, 0.717) is 66.1 Å². The summed E-state index contributed by atoms with van der Waals surface area (Å²) in [4.78, 5) is 52.4. The summed E-state index contributed by atoms with van der Waals surface area (Å²) in [7, 11) is 0. The molecular formula is C45H50BrFN8O5S. The van der Waals surface area contributed by atoms with E-state index in [1.165, 1.54) is 17.0 Å². The molecule has 2 aliphatic rings. The Morgan fingerprint density at radius 3 is 2.51 bits per heavy atom. The zero-order chi connectivity index (χ0) is 43.8. The summed E-state index contributed by atoms with van der Waals surface area (Å²) in [6, 6.07) is 16.2. The number of unbranched alkanes of at least 4 members (excludes halogenated alkanes) is 3. The molecule has 0 aliphatic carbocycles. The van der Waals surface area contributed by atoms with Crippen molar-refractivity contribution in [2.24, 2.45) is 0 Å². The SMILES string of the molecule is [C-]#[N+]c1ccc(N2C(=O)C(C)(C)N(c3ccc(C(=O)NCCCCCCN4CCO[C@H](COc5cc(C)c(Br)cc5NC(=O)Nc5ccc(C)nc5)C4)c(F)c3)C2=S)cc1C. The highest BCUT2D eigenvalue weighted by Crippen LogP contribution is 2.38. The van der Waals surface area contributed by atoms with Gasteiger partial charge in [0.1, 0.15) is 29.8 Å². The van der Waals surface area contributed by atoms with E-state index in [2.05, 4.69) is 46.6 Å². The third kappa shape index (κ3) is 10.9. The van der Waals surface area contributed by atoms with E-state index in [0.717, 1.165) is 54.5 Å². The standard InChI is InChI=1S/C45H50BrFN8O5S/c1-28-22-40(39(24-36(28)46)52-43(58)51-31-12-11-30(3)50-25-31)60-27-34-26-53(19-20-59-34)18-10-8-7-9-17-49-41(56)35-15-13-33(23-37(35)47)55-44(61)54(42(57)45(55,4)5)32-14-16-38(48-6)29(2)21-32/h11-16,21-25,34H,7-10,17-20,26-27H2,1-5H3,(H,49,56)(H2,51,52,58)/t34-/m0/s1. The van der Waals surface area contributed by atoms with Gasteiger partial charge in [-0.1, -0.05) is 34.8 Å².